The lowest BCUT2D eigenvalue weighted by molar-refractivity contribution is -0.135. The molecule has 1 amide bonds. The highest BCUT2D eigenvalue weighted by Crippen LogP contribution is 2.21. The van der Waals surface area contributed by atoms with Gasteiger partial charge in [0.2, 0.25) is 5.91 Å². The minimum Gasteiger partial charge on any atom is -0.340 e. The van der Waals surface area contributed by atoms with E-state index in [0.717, 1.165) is 13.0 Å². The van der Waals surface area contributed by atoms with E-state index in [2.05, 4.69) is 6.92 Å². The highest BCUT2D eigenvalue weighted by Gasteiger charge is 2.26. The Balaban J connectivity index is 2.54. The molecule has 0 aromatic rings. The summed E-state index contributed by atoms with van der Waals surface area (Å²) in [6, 6.07) is 0.412. The van der Waals surface area contributed by atoms with E-state index in [4.69, 9.17) is 5.73 Å². The number of nitrogens with zero attached hydrogens (tertiary/aromatic N) is 1. The standard InChI is InChI=1S/C10H20N2O/c1-3-10(13)12-7-9(6-11)5-4-8(12)2/h8-9H,3-7,11H2,1-2H3. The summed E-state index contributed by atoms with van der Waals surface area (Å²) in [4.78, 5) is 13.5. The Hall–Kier alpha value is -0.570. The van der Waals surface area contributed by atoms with Gasteiger partial charge < -0.3 is 10.6 Å². The molecule has 0 spiro atoms. The number of likely N-dealkylation sites (tertiary alicyclic amines) is 1. The lowest BCUT2D eigenvalue weighted by Gasteiger charge is -2.37. The zero-order valence-electron chi connectivity index (χ0n) is 8.62. The first-order valence-corrected chi connectivity index (χ1v) is 5.18. The molecule has 3 nitrogen and oxygen atoms in total. The van der Waals surface area contributed by atoms with Gasteiger partial charge in [-0.2, -0.15) is 0 Å². The predicted octanol–water partition coefficient (Wildman–Crippen LogP) is 0.982. The topological polar surface area (TPSA) is 46.3 Å². The summed E-state index contributed by atoms with van der Waals surface area (Å²) < 4.78 is 0. The summed E-state index contributed by atoms with van der Waals surface area (Å²) >= 11 is 0. The molecule has 1 rings (SSSR count). The van der Waals surface area contributed by atoms with Gasteiger partial charge in [0.25, 0.3) is 0 Å². The van der Waals surface area contributed by atoms with Crippen LogP contribution < -0.4 is 5.73 Å². The number of piperidine rings is 1. The van der Waals surface area contributed by atoms with E-state index in [0.29, 0.717) is 24.9 Å². The van der Waals surface area contributed by atoms with Crippen LogP contribution >= 0.6 is 0 Å². The van der Waals surface area contributed by atoms with Crippen LogP contribution in [0, 0.1) is 5.92 Å². The van der Waals surface area contributed by atoms with Crippen molar-refractivity contribution >= 4 is 5.91 Å². The van der Waals surface area contributed by atoms with Gasteiger partial charge in [-0.3, -0.25) is 4.79 Å². The molecular formula is C10H20N2O. The second-order valence-electron chi connectivity index (χ2n) is 3.93. The Labute approximate surface area is 80.3 Å². The molecule has 1 aliphatic heterocycles. The van der Waals surface area contributed by atoms with Gasteiger partial charge in [-0.05, 0) is 32.2 Å². The molecule has 3 heteroatoms. The average Bonchev–Trinajstić information content (AvgIpc) is 2.17. The third-order valence-corrected chi connectivity index (χ3v) is 2.94. The van der Waals surface area contributed by atoms with Crippen molar-refractivity contribution in [3.8, 4) is 0 Å². The van der Waals surface area contributed by atoms with E-state index in [-0.39, 0.29) is 5.91 Å². The minimum absolute atomic E-state index is 0.269. The van der Waals surface area contributed by atoms with Crippen LogP contribution in [0.1, 0.15) is 33.1 Å². The second kappa shape index (κ2) is 4.61. The van der Waals surface area contributed by atoms with Crippen LogP contribution in [-0.2, 0) is 4.79 Å². The molecule has 0 saturated carbocycles. The van der Waals surface area contributed by atoms with Crippen LogP contribution in [0.4, 0.5) is 0 Å². The van der Waals surface area contributed by atoms with E-state index >= 15 is 0 Å². The highest BCUT2D eigenvalue weighted by atomic mass is 16.2. The van der Waals surface area contributed by atoms with Crippen molar-refractivity contribution in [2.45, 2.75) is 39.2 Å². The van der Waals surface area contributed by atoms with Crippen LogP contribution in [-0.4, -0.2) is 29.9 Å². The molecule has 0 aliphatic carbocycles. The van der Waals surface area contributed by atoms with Crippen molar-refractivity contribution in [2.24, 2.45) is 11.7 Å². The van der Waals surface area contributed by atoms with Gasteiger partial charge in [0.1, 0.15) is 0 Å². The van der Waals surface area contributed by atoms with Crippen molar-refractivity contribution in [3.63, 3.8) is 0 Å². The number of carbonyl (C=O) groups is 1. The normalized spacial score (nSPS) is 29.0. The first-order valence-electron chi connectivity index (χ1n) is 5.18. The van der Waals surface area contributed by atoms with Gasteiger partial charge in [0, 0.05) is 19.0 Å². The molecule has 0 bridgehead atoms. The number of carbonyl (C=O) groups excluding carboxylic acids is 1. The van der Waals surface area contributed by atoms with Gasteiger partial charge in [0.05, 0.1) is 0 Å². The maximum Gasteiger partial charge on any atom is 0.222 e. The van der Waals surface area contributed by atoms with Gasteiger partial charge in [-0.1, -0.05) is 6.92 Å². The van der Waals surface area contributed by atoms with Crippen molar-refractivity contribution in [3.05, 3.63) is 0 Å². The van der Waals surface area contributed by atoms with Gasteiger partial charge >= 0.3 is 0 Å². The van der Waals surface area contributed by atoms with Gasteiger partial charge in [-0.25, -0.2) is 0 Å². The Bertz CT molecular complexity index is 182. The summed E-state index contributed by atoms with van der Waals surface area (Å²) in [5.74, 6) is 0.789. The SMILES string of the molecule is CCC(=O)N1CC(CN)CCC1C. The average molecular weight is 184 g/mol. The smallest absolute Gasteiger partial charge is 0.222 e. The molecule has 2 unspecified atom stereocenters. The number of rotatable bonds is 2. The quantitative estimate of drug-likeness (QED) is 0.695. The van der Waals surface area contributed by atoms with Crippen LogP contribution in [0.15, 0.2) is 0 Å². The molecule has 1 aliphatic rings. The first-order chi connectivity index (χ1) is 6.19. The van der Waals surface area contributed by atoms with E-state index in [1.807, 2.05) is 11.8 Å². The summed E-state index contributed by atoms with van der Waals surface area (Å²) in [5.41, 5.74) is 5.61. The van der Waals surface area contributed by atoms with E-state index < -0.39 is 0 Å². The molecule has 1 fully saturated rings. The Morgan fingerprint density at radius 2 is 2.23 bits per heavy atom. The number of hydrogen-bond donors (Lipinski definition) is 1. The summed E-state index contributed by atoms with van der Waals surface area (Å²) in [6.45, 7) is 5.62. The van der Waals surface area contributed by atoms with E-state index in [1.54, 1.807) is 0 Å². The largest absolute Gasteiger partial charge is 0.340 e. The molecular weight excluding hydrogens is 164 g/mol. The zero-order chi connectivity index (χ0) is 9.84. The molecule has 76 valence electrons. The van der Waals surface area contributed by atoms with Crippen molar-refractivity contribution < 1.29 is 4.79 Å². The maximum atomic E-state index is 11.5. The number of hydrogen-bond acceptors (Lipinski definition) is 2. The molecule has 0 aromatic heterocycles. The van der Waals surface area contributed by atoms with Crippen LogP contribution in [0.3, 0.4) is 0 Å². The molecule has 0 radical (unpaired) electrons. The summed E-state index contributed by atoms with van der Waals surface area (Å²) in [5, 5.41) is 0. The third kappa shape index (κ3) is 2.44. The van der Waals surface area contributed by atoms with E-state index in [1.165, 1.54) is 6.42 Å². The predicted molar refractivity (Wildman–Crippen MR) is 53.2 cm³/mol. The van der Waals surface area contributed by atoms with Crippen molar-refractivity contribution in [1.29, 1.82) is 0 Å². The van der Waals surface area contributed by atoms with Crippen LogP contribution in [0.5, 0.6) is 0 Å². The Kier molecular flexibility index (Phi) is 3.72. The fourth-order valence-electron chi connectivity index (χ4n) is 1.93. The Morgan fingerprint density at radius 1 is 1.54 bits per heavy atom. The number of nitrogens with two attached hydrogens (primary N) is 1. The molecule has 13 heavy (non-hydrogen) atoms. The lowest BCUT2D eigenvalue weighted by Crippen LogP contribution is -2.46. The van der Waals surface area contributed by atoms with Crippen molar-refractivity contribution in [1.82, 2.24) is 4.90 Å². The maximum absolute atomic E-state index is 11.5. The first kappa shape index (κ1) is 10.5. The monoisotopic (exact) mass is 184 g/mol. The summed E-state index contributed by atoms with van der Waals surface area (Å²) in [6.07, 6.45) is 2.89. The zero-order valence-corrected chi connectivity index (χ0v) is 8.62. The second-order valence-corrected chi connectivity index (χ2v) is 3.93. The minimum atomic E-state index is 0.269. The van der Waals surface area contributed by atoms with Crippen molar-refractivity contribution in [2.75, 3.05) is 13.1 Å². The molecule has 1 saturated heterocycles. The highest BCUT2D eigenvalue weighted by molar-refractivity contribution is 5.76. The summed E-state index contributed by atoms with van der Waals surface area (Å²) in [7, 11) is 0. The molecule has 1 heterocycles. The number of amides is 1. The molecule has 2 N–H and O–H groups in total. The third-order valence-electron chi connectivity index (χ3n) is 2.94. The lowest BCUT2D eigenvalue weighted by atomic mass is 9.93. The van der Waals surface area contributed by atoms with Crippen LogP contribution in [0.2, 0.25) is 0 Å². The fourth-order valence-corrected chi connectivity index (χ4v) is 1.93. The molecule has 2 atom stereocenters. The van der Waals surface area contributed by atoms with E-state index in [9.17, 15) is 4.79 Å². The van der Waals surface area contributed by atoms with Gasteiger partial charge in [-0.15, -0.1) is 0 Å². The van der Waals surface area contributed by atoms with Crippen LogP contribution in [0.25, 0.3) is 0 Å². The van der Waals surface area contributed by atoms with Gasteiger partial charge in [0.15, 0.2) is 0 Å². The fraction of sp³-hybridized carbons (Fsp3) is 0.900. The molecule has 0 aromatic carbocycles. The Morgan fingerprint density at radius 3 is 2.77 bits per heavy atom.